The fourth-order valence-electron chi connectivity index (χ4n) is 2.92. The Bertz CT molecular complexity index is 451. The largest absolute Gasteiger partial charge is 0.496 e. The lowest BCUT2D eigenvalue weighted by molar-refractivity contribution is -0.00664. The van der Waals surface area contributed by atoms with Crippen LogP contribution in [0.1, 0.15) is 50.5 Å². The maximum absolute atomic E-state index is 10.9. The number of aryl methyl sites for hydroxylation is 2. The monoisotopic (exact) mass is 279 g/mol. The number of likely N-dealkylation sites (N-methyl/N-ethyl adjacent to an activating group) is 1. The molecule has 0 fully saturated rings. The zero-order valence-electron chi connectivity index (χ0n) is 13.9. The third-order valence-corrected chi connectivity index (χ3v) is 4.33. The fourth-order valence-corrected chi connectivity index (χ4v) is 2.92. The molecule has 3 heteroatoms. The summed E-state index contributed by atoms with van der Waals surface area (Å²) in [4.78, 5) is 2.29. The molecule has 1 N–H and O–H groups in total. The van der Waals surface area contributed by atoms with Crippen LogP contribution in [-0.4, -0.2) is 35.7 Å². The highest BCUT2D eigenvalue weighted by Crippen LogP contribution is 2.35. The summed E-state index contributed by atoms with van der Waals surface area (Å²) in [6.45, 7) is 14.3. The molecule has 0 saturated heterocycles. The summed E-state index contributed by atoms with van der Waals surface area (Å²) in [6.07, 6.45) is -0.521. The summed E-state index contributed by atoms with van der Waals surface area (Å²) < 4.78 is 5.34. The van der Waals surface area contributed by atoms with Crippen molar-refractivity contribution in [3.63, 3.8) is 0 Å². The molecule has 0 bridgehead atoms. The summed E-state index contributed by atoms with van der Waals surface area (Å²) in [7, 11) is 1.68. The van der Waals surface area contributed by atoms with Crippen LogP contribution in [0.25, 0.3) is 0 Å². The molecular weight excluding hydrogens is 250 g/mol. The van der Waals surface area contributed by atoms with Gasteiger partial charge in [0.15, 0.2) is 0 Å². The molecule has 114 valence electrons. The van der Waals surface area contributed by atoms with Crippen LogP contribution in [0.2, 0.25) is 0 Å². The Morgan fingerprint density at radius 1 is 1.15 bits per heavy atom. The van der Waals surface area contributed by atoms with Crippen molar-refractivity contribution < 1.29 is 9.84 Å². The van der Waals surface area contributed by atoms with Crippen LogP contribution in [0.4, 0.5) is 0 Å². The van der Waals surface area contributed by atoms with E-state index in [4.69, 9.17) is 4.74 Å². The van der Waals surface area contributed by atoms with Gasteiger partial charge in [0.2, 0.25) is 0 Å². The Balaban J connectivity index is 3.20. The lowest BCUT2D eigenvalue weighted by Gasteiger charge is -2.41. The second-order valence-electron chi connectivity index (χ2n) is 5.91. The first kappa shape index (κ1) is 17.0. The zero-order chi connectivity index (χ0) is 15.5. The highest BCUT2D eigenvalue weighted by molar-refractivity contribution is 5.43. The average Bonchev–Trinajstić information content (AvgIpc) is 2.41. The standard InChI is InChI=1S/C17H29NO2/c1-8-18(9-2)17(5,6)16(19)14-10-13(4)15(20-7)11-12(14)3/h10-11,16,19H,8-9H2,1-7H3. The Hall–Kier alpha value is -1.06. The molecule has 0 amide bonds. The Kier molecular flexibility index (Phi) is 5.60. The van der Waals surface area contributed by atoms with Crippen molar-refractivity contribution in [2.75, 3.05) is 20.2 Å². The Morgan fingerprint density at radius 2 is 1.70 bits per heavy atom. The van der Waals surface area contributed by atoms with Gasteiger partial charge in [0, 0.05) is 5.54 Å². The smallest absolute Gasteiger partial charge is 0.122 e. The molecule has 1 unspecified atom stereocenters. The van der Waals surface area contributed by atoms with Gasteiger partial charge >= 0.3 is 0 Å². The molecule has 0 aromatic heterocycles. The van der Waals surface area contributed by atoms with Crippen molar-refractivity contribution in [2.45, 2.75) is 53.2 Å². The summed E-state index contributed by atoms with van der Waals surface area (Å²) in [5.41, 5.74) is 2.82. The van der Waals surface area contributed by atoms with Crippen molar-refractivity contribution in [3.05, 3.63) is 28.8 Å². The summed E-state index contributed by atoms with van der Waals surface area (Å²) in [5, 5.41) is 10.9. The third kappa shape index (κ3) is 3.15. The predicted molar refractivity (Wildman–Crippen MR) is 84.4 cm³/mol. The molecule has 0 aliphatic heterocycles. The maximum Gasteiger partial charge on any atom is 0.122 e. The van der Waals surface area contributed by atoms with E-state index in [2.05, 4.69) is 32.6 Å². The van der Waals surface area contributed by atoms with Gasteiger partial charge in [-0.1, -0.05) is 13.8 Å². The number of aliphatic hydroxyl groups is 1. The molecular formula is C17H29NO2. The molecule has 3 nitrogen and oxygen atoms in total. The van der Waals surface area contributed by atoms with Gasteiger partial charge in [-0.2, -0.15) is 0 Å². The van der Waals surface area contributed by atoms with Gasteiger partial charge in [0.1, 0.15) is 5.75 Å². The van der Waals surface area contributed by atoms with Crippen LogP contribution in [-0.2, 0) is 0 Å². The van der Waals surface area contributed by atoms with E-state index in [0.717, 1.165) is 35.5 Å². The fraction of sp³-hybridized carbons (Fsp3) is 0.647. The van der Waals surface area contributed by atoms with Crippen molar-refractivity contribution in [1.29, 1.82) is 0 Å². The molecule has 0 aliphatic rings. The quantitative estimate of drug-likeness (QED) is 0.865. The normalized spacial score (nSPS) is 13.7. The summed E-state index contributed by atoms with van der Waals surface area (Å²) in [6, 6.07) is 4.05. The van der Waals surface area contributed by atoms with Crippen LogP contribution in [0.15, 0.2) is 12.1 Å². The van der Waals surface area contributed by atoms with Gasteiger partial charge in [-0.15, -0.1) is 0 Å². The second-order valence-corrected chi connectivity index (χ2v) is 5.91. The molecule has 0 radical (unpaired) electrons. The van der Waals surface area contributed by atoms with E-state index in [1.807, 2.05) is 26.0 Å². The van der Waals surface area contributed by atoms with Gasteiger partial charge in [0.25, 0.3) is 0 Å². The zero-order valence-corrected chi connectivity index (χ0v) is 13.9. The van der Waals surface area contributed by atoms with Crippen LogP contribution in [0.5, 0.6) is 5.75 Å². The molecule has 0 saturated carbocycles. The van der Waals surface area contributed by atoms with Gasteiger partial charge in [-0.3, -0.25) is 4.90 Å². The van der Waals surface area contributed by atoms with Crippen LogP contribution in [0, 0.1) is 13.8 Å². The minimum atomic E-state index is -0.521. The molecule has 1 aromatic rings. The Morgan fingerprint density at radius 3 is 2.15 bits per heavy atom. The topological polar surface area (TPSA) is 32.7 Å². The molecule has 20 heavy (non-hydrogen) atoms. The second kappa shape index (κ2) is 6.59. The van der Waals surface area contributed by atoms with Gasteiger partial charge in [0.05, 0.1) is 13.2 Å². The summed E-state index contributed by atoms with van der Waals surface area (Å²) in [5.74, 6) is 0.874. The average molecular weight is 279 g/mol. The van der Waals surface area contributed by atoms with E-state index in [1.54, 1.807) is 7.11 Å². The van der Waals surface area contributed by atoms with Crippen molar-refractivity contribution in [2.24, 2.45) is 0 Å². The highest BCUT2D eigenvalue weighted by atomic mass is 16.5. The maximum atomic E-state index is 10.9. The number of rotatable bonds is 6. The minimum absolute atomic E-state index is 0.296. The molecule has 0 heterocycles. The van der Waals surface area contributed by atoms with Crippen LogP contribution >= 0.6 is 0 Å². The van der Waals surface area contributed by atoms with Crippen LogP contribution < -0.4 is 4.74 Å². The number of ether oxygens (including phenoxy) is 1. The third-order valence-electron chi connectivity index (χ3n) is 4.33. The Labute approximate surface area is 123 Å². The SMILES string of the molecule is CCN(CC)C(C)(C)C(O)c1cc(C)c(OC)cc1C. The molecule has 1 atom stereocenters. The molecule has 1 aromatic carbocycles. The van der Waals surface area contributed by atoms with Crippen LogP contribution in [0.3, 0.4) is 0 Å². The van der Waals surface area contributed by atoms with Gasteiger partial charge in [-0.25, -0.2) is 0 Å². The molecule has 0 spiro atoms. The van der Waals surface area contributed by atoms with Crippen molar-refractivity contribution in [1.82, 2.24) is 4.90 Å². The van der Waals surface area contributed by atoms with E-state index < -0.39 is 6.10 Å². The molecule has 0 aliphatic carbocycles. The lowest BCUT2D eigenvalue weighted by atomic mass is 9.86. The number of benzene rings is 1. The number of nitrogens with zero attached hydrogens (tertiary/aromatic N) is 1. The highest BCUT2D eigenvalue weighted by Gasteiger charge is 2.34. The van der Waals surface area contributed by atoms with Gasteiger partial charge < -0.3 is 9.84 Å². The minimum Gasteiger partial charge on any atom is -0.496 e. The number of hydrogen-bond acceptors (Lipinski definition) is 3. The first-order chi connectivity index (χ1) is 9.29. The van der Waals surface area contributed by atoms with Crippen molar-refractivity contribution >= 4 is 0 Å². The molecule has 1 rings (SSSR count). The first-order valence-corrected chi connectivity index (χ1v) is 7.37. The van der Waals surface area contributed by atoms with E-state index >= 15 is 0 Å². The number of aliphatic hydroxyl groups excluding tert-OH is 1. The predicted octanol–water partition coefficient (Wildman–Crippen LogP) is 3.47. The lowest BCUT2D eigenvalue weighted by Crippen LogP contribution is -2.48. The van der Waals surface area contributed by atoms with E-state index in [9.17, 15) is 5.11 Å². The van der Waals surface area contributed by atoms with E-state index in [1.165, 1.54) is 0 Å². The van der Waals surface area contributed by atoms with Crippen molar-refractivity contribution in [3.8, 4) is 5.75 Å². The number of methoxy groups -OCH3 is 1. The van der Waals surface area contributed by atoms with E-state index in [-0.39, 0.29) is 5.54 Å². The first-order valence-electron chi connectivity index (χ1n) is 7.37. The summed E-state index contributed by atoms with van der Waals surface area (Å²) >= 11 is 0. The van der Waals surface area contributed by atoms with E-state index in [0.29, 0.717) is 0 Å². The number of hydrogen-bond donors (Lipinski definition) is 1. The van der Waals surface area contributed by atoms with Gasteiger partial charge in [-0.05, 0) is 69.6 Å².